The highest BCUT2D eigenvalue weighted by atomic mass is 16.8. The van der Waals surface area contributed by atoms with Gasteiger partial charge in [-0.2, -0.15) is 0 Å². The summed E-state index contributed by atoms with van der Waals surface area (Å²) in [7, 11) is 0. The molecule has 0 amide bonds. The summed E-state index contributed by atoms with van der Waals surface area (Å²) in [6.45, 7) is 8.06. The molecule has 2 saturated heterocycles. The van der Waals surface area contributed by atoms with Gasteiger partial charge in [-0.3, -0.25) is 0 Å². The van der Waals surface area contributed by atoms with Crippen LogP contribution in [0.15, 0.2) is 0 Å². The van der Waals surface area contributed by atoms with Crippen molar-refractivity contribution in [1.82, 2.24) is 5.32 Å². The molecule has 0 radical (unpaired) electrons. The summed E-state index contributed by atoms with van der Waals surface area (Å²) >= 11 is 0. The Kier molecular flexibility index (Phi) is 4.32. The first-order chi connectivity index (χ1) is 9.89. The van der Waals surface area contributed by atoms with Crippen molar-refractivity contribution in [2.75, 3.05) is 13.1 Å². The molecule has 122 valence electrons. The number of ether oxygens (including phenoxy) is 3. The number of hydrogen-bond acceptors (Lipinski definition) is 5. The molecular formula is C16H29NO4. The van der Waals surface area contributed by atoms with Gasteiger partial charge in [0.25, 0.3) is 0 Å². The Bertz CT molecular complexity index is 362. The van der Waals surface area contributed by atoms with Crippen LogP contribution in [-0.2, 0) is 14.2 Å². The molecule has 5 heteroatoms. The van der Waals surface area contributed by atoms with Crippen LogP contribution in [0.3, 0.4) is 0 Å². The predicted octanol–water partition coefficient (Wildman–Crippen LogP) is 1.78. The maximum atomic E-state index is 10.4. The number of rotatable bonds is 3. The van der Waals surface area contributed by atoms with E-state index >= 15 is 0 Å². The van der Waals surface area contributed by atoms with E-state index in [1.165, 1.54) is 6.42 Å². The van der Waals surface area contributed by atoms with Gasteiger partial charge in [0.1, 0.15) is 18.3 Å². The van der Waals surface area contributed by atoms with E-state index in [-0.39, 0.29) is 17.6 Å². The van der Waals surface area contributed by atoms with Crippen LogP contribution < -0.4 is 5.32 Å². The third-order valence-corrected chi connectivity index (χ3v) is 4.59. The Balaban J connectivity index is 1.51. The summed E-state index contributed by atoms with van der Waals surface area (Å²) in [5.74, 6) is -0.488. The fourth-order valence-corrected chi connectivity index (χ4v) is 3.49. The highest BCUT2D eigenvalue weighted by Gasteiger charge is 2.57. The third-order valence-electron chi connectivity index (χ3n) is 4.59. The van der Waals surface area contributed by atoms with Crippen LogP contribution in [-0.4, -0.2) is 48.6 Å². The summed E-state index contributed by atoms with van der Waals surface area (Å²) in [6, 6.07) is 0. The Morgan fingerprint density at radius 2 is 1.86 bits per heavy atom. The van der Waals surface area contributed by atoms with Gasteiger partial charge in [-0.1, -0.05) is 27.2 Å². The zero-order chi connectivity index (χ0) is 15.1. The van der Waals surface area contributed by atoms with Crippen LogP contribution in [0.25, 0.3) is 0 Å². The van der Waals surface area contributed by atoms with Crippen LogP contribution in [0.2, 0.25) is 0 Å². The molecule has 0 aromatic carbocycles. The minimum Gasteiger partial charge on any atom is -0.387 e. The van der Waals surface area contributed by atoms with Crippen molar-refractivity contribution in [3.8, 4) is 0 Å². The van der Waals surface area contributed by atoms with Gasteiger partial charge in [-0.25, -0.2) is 0 Å². The zero-order valence-electron chi connectivity index (χ0n) is 13.4. The molecule has 1 saturated carbocycles. The topological polar surface area (TPSA) is 60.0 Å². The normalized spacial score (nSPS) is 38.9. The first kappa shape index (κ1) is 15.7. The molecule has 21 heavy (non-hydrogen) atoms. The average Bonchev–Trinajstić information content (AvgIpc) is 2.86. The molecule has 5 nitrogen and oxygen atoms in total. The molecule has 3 rings (SSSR count). The number of aliphatic hydroxyl groups is 1. The van der Waals surface area contributed by atoms with Gasteiger partial charge in [0.05, 0.1) is 0 Å². The van der Waals surface area contributed by atoms with Gasteiger partial charge in [0.2, 0.25) is 0 Å². The number of nitrogens with one attached hydrogen (secondary N) is 1. The summed E-state index contributed by atoms with van der Waals surface area (Å²) < 4.78 is 18.0. The van der Waals surface area contributed by atoms with E-state index in [1.54, 1.807) is 0 Å². The van der Waals surface area contributed by atoms with Gasteiger partial charge < -0.3 is 24.6 Å². The van der Waals surface area contributed by atoms with Crippen LogP contribution in [0.5, 0.6) is 0 Å². The van der Waals surface area contributed by atoms with Crippen molar-refractivity contribution < 1.29 is 19.3 Å². The summed E-state index contributed by atoms with van der Waals surface area (Å²) in [5.41, 5.74) is 0.221. The second kappa shape index (κ2) is 5.78. The van der Waals surface area contributed by atoms with E-state index in [4.69, 9.17) is 14.2 Å². The number of fused-ring (bicyclic) bond motifs is 1. The third kappa shape index (κ3) is 3.42. The Labute approximate surface area is 127 Å². The van der Waals surface area contributed by atoms with Crippen LogP contribution in [0.1, 0.15) is 52.9 Å². The van der Waals surface area contributed by atoms with Gasteiger partial charge in [0.15, 0.2) is 12.1 Å². The molecule has 0 aromatic heterocycles. The van der Waals surface area contributed by atoms with Gasteiger partial charge in [-0.05, 0) is 18.3 Å². The minimum absolute atomic E-state index is 0.221. The van der Waals surface area contributed by atoms with Gasteiger partial charge >= 0.3 is 0 Å². The molecule has 1 aliphatic carbocycles. The molecule has 1 spiro atoms. The van der Waals surface area contributed by atoms with E-state index in [9.17, 15) is 5.11 Å². The smallest absolute Gasteiger partial charge is 0.190 e. The molecule has 0 unspecified atom stereocenters. The SMILES string of the molecule is CC(C)(C)CNC[C@H]1O[C@@H]2OC3(CCCCC3)O[C@@H]2[C@H]1O. The lowest BCUT2D eigenvalue weighted by atomic mass is 9.94. The first-order valence-corrected chi connectivity index (χ1v) is 8.29. The average molecular weight is 299 g/mol. The quantitative estimate of drug-likeness (QED) is 0.832. The lowest BCUT2D eigenvalue weighted by Gasteiger charge is -2.33. The molecule has 3 aliphatic rings. The van der Waals surface area contributed by atoms with E-state index in [0.717, 1.165) is 32.2 Å². The maximum Gasteiger partial charge on any atom is 0.190 e. The lowest BCUT2D eigenvalue weighted by molar-refractivity contribution is -0.245. The van der Waals surface area contributed by atoms with E-state index in [0.29, 0.717) is 6.54 Å². The summed E-state index contributed by atoms with van der Waals surface area (Å²) in [4.78, 5) is 0. The van der Waals surface area contributed by atoms with Crippen molar-refractivity contribution in [3.63, 3.8) is 0 Å². The largest absolute Gasteiger partial charge is 0.387 e. The van der Waals surface area contributed by atoms with E-state index in [1.807, 2.05) is 0 Å². The van der Waals surface area contributed by atoms with Crippen LogP contribution in [0, 0.1) is 5.41 Å². The highest BCUT2D eigenvalue weighted by molar-refractivity contribution is 4.96. The van der Waals surface area contributed by atoms with Gasteiger partial charge in [-0.15, -0.1) is 0 Å². The highest BCUT2D eigenvalue weighted by Crippen LogP contribution is 2.44. The number of aliphatic hydroxyl groups excluding tert-OH is 1. The van der Waals surface area contributed by atoms with Crippen molar-refractivity contribution >= 4 is 0 Å². The molecule has 2 N–H and O–H groups in total. The van der Waals surface area contributed by atoms with Crippen LogP contribution >= 0.6 is 0 Å². The predicted molar refractivity (Wildman–Crippen MR) is 78.8 cm³/mol. The second-order valence-electron chi connectivity index (χ2n) is 7.90. The first-order valence-electron chi connectivity index (χ1n) is 8.29. The summed E-state index contributed by atoms with van der Waals surface area (Å²) in [6.07, 6.45) is 3.76. The van der Waals surface area contributed by atoms with Crippen molar-refractivity contribution in [3.05, 3.63) is 0 Å². The molecule has 2 aliphatic heterocycles. The van der Waals surface area contributed by atoms with E-state index in [2.05, 4.69) is 26.1 Å². The standard InChI is InChI=1S/C16H29NO4/c1-15(2,3)10-17-9-11-12(18)13-14(19-11)21-16(20-13)7-5-4-6-8-16/h11-14,17-18H,4-10H2,1-3H3/t11-,12+,13-,14-/m1/s1. The maximum absolute atomic E-state index is 10.4. The molecule has 2 heterocycles. The second-order valence-corrected chi connectivity index (χ2v) is 7.90. The van der Waals surface area contributed by atoms with E-state index < -0.39 is 18.2 Å². The van der Waals surface area contributed by atoms with Crippen molar-refractivity contribution in [2.45, 2.75) is 83.3 Å². The zero-order valence-corrected chi connectivity index (χ0v) is 13.4. The monoisotopic (exact) mass is 299 g/mol. The molecule has 3 fully saturated rings. The van der Waals surface area contributed by atoms with Crippen LogP contribution in [0.4, 0.5) is 0 Å². The lowest BCUT2D eigenvalue weighted by Crippen LogP contribution is -2.43. The molecular weight excluding hydrogens is 270 g/mol. The summed E-state index contributed by atoms with van der Waals surface area (Å²) in [5, 5.41) is 13.8. The Morgan fingerprint density at radius 3 is 2.48 bits per heavy atom. The minimum atomic E-state index is -0.608. The van der Waals surface area contributed by atoms with Gasteiger partial charge in [0, 0.05) is 25.9 Å². The molecule has 0 bridgehead atoms. The van der Waals surface area contributed by atoms with Crippen molar-refractivity contribution in [1.29, 1.82) is 0 Å². The number of hydrogen-bond donors (Lipinski definition) is 2. The fourth-order valence-electron chi connectivity index (χ4n) is 3.49. The fraction of sp³-hybridized carbons (Fsp3) is 1.00. The Morgan fingerprint density at radius 1 is 1.14 bits per heavy atom. The van der Waals surface area contributed by atoms with Crippen molar-refractivity contribution in [2.24, 2.45) is 5.41 Å². The molecule has 0 aromatic rings. The molecule has 4 atom stereocenters. The Hall–Kier alpha value is -0.200.